The smallest absolute Gasteiger partial charge is 0.328 e. The van der Waals surface area contributed by atoms with Crippen LogP contribution in [-0.2, 0) is 4.79 Å². The number of hydrogen-bond donors (Lipinski definition) is 2. The summed E-state index contributed by atoms with van der Waals surface area (Å²) in [5.74, 6) is -0.276. The number of carbonyl (C=O) groups is 2. The standard InChI is InChI=1S/C14H17NO3S/c16-13(17)5-4-12-8-11(9-19-12)14(18)15-7-6-10-2-1-3-10/h4-5,8-10H,1-3,6-7H2,(H,15,18)(H,16,17)/b5-4+. The maximum absolute atomic E-state index is 11.8. The molecule has 0 aliphatic heterocycles. The molecule has 102 valence electrons. The molecular weight excluding hydrogens is 262 g/mol. The summed E-state index contributed by atoms with van der Waals surface area (Å²) < 4.78 is 0. The second-order valence-corrected chi connectivity index (χ2v) is 5.69. The molecule has 1 aromatic heterocycles. The maximum atomic E-state index is 11.8. The fraction of sp³-hybridized carbons (Fsp3) is 0.429. The average Bonchev–Trinajstić information content (AvgIpc) is 2.78. The number of carboxylic acids is 1. The maximum Gasteiger partial charge on any atom is 0.328 e. The van der Waals surface area contributed by atoms with E-state index >= 15 is 0 Å². The first-order valence-corrected chi connectivity index (χ1v) is 7.31. The number of carbonyl (C=O) groups excluding carboxylic acids is 1. The van der Waals surface area contributed by atoms with Crippen LogP contribution in [0.15, 0.2) is 17.5 Å². The van der Waals surface area contributed by atoms with Crippen molar-refractivity contribution in [2.24, 2.45) is 5.92 Å². The zero-order valence-electron chi connectivity index (χ0n) is 10.6. The molecule has 1 aliphatic rings. The van der Waals surface area contributed by atoms with Crippen molar-refractivity contribution >= 4 is 29.3 Å². The van der Waals surface area contributed by atoms with Crippen molar-refractivity contribution in [3.05, 3.63) is 28.0 Å². The summed E-state index contributed by atoms with van der Waals surface area (Å²) in [6, 6.07) is 1.71. The zero-order chi connectivity index (χ0) is 13.7. The lowest BCUT2D eigenvalue weighted by Gasteiger charge is -2.25. The fourth-order valence-corrected chi connectivity index (χ4v) is 2.77. The number of thiophene rings is 1. The van der Waals surface area contributed by atoms with Gasteiger partial charge in [0.05, 0.1) is 5.56 Å². The number of aliphatic carboxylic acids is 1. The highest BCUT2D eigenvalue weighted by atomic mass is 32.1. The molecule has 0 radical (unpaired) electrons. The van der Waals surface area contributed by atoms with E-state index in [4.69, 9.17) is 5.11 Å². The predicted octanol–water partition coefficient (Wildman–Crippen LogP) is 2.77. The summed E-state index contributed by atoms with van der Waals surface area (Å²) >= 11 is 1.36. The van der Waals surface area contributed by atoms with Crippen molar-refractivity contribution in [1.82, 2.24) is 5.32 Å². The monoisotopic (exact) mass is 279 g/mol. The van der Waals surface area contributed by atoms with Gasteiger partial charge in [0.25, 0.3) is 5.91 Å². The van der Waals surface area contributed by atoms with E-state index in [0.29, 0.717) is 5.56 Å². The Bertz CT molecular complexity index is 489. The minimum atomic E-state index is -0.986. The highest BCUT2D eigenvalue weighted by Gasteiger charge is 2.17. The normalized spacial score (nSPS) is 15.4. The number of rotatable bonds is 6. The van der Waals surface area contributed by atoms with Crippen molar-refractivity contribution in [1.29, 1.82) is 0 Å². The van der Waals surface area contributed by atoms with Gasteiger partial charge in [-0.3, -0.25) is 4.79 Å². The van der Waals surface area contributed by atoms with Crippen LogP contribution in [0.3, 0.4) is 0 Å². The summed E-state index contributed by atoms with van der Waals surface area (Å²) in [5, 5.41) is 13.2. The Morgan fingerprint density at radius 3 is 2.89 bits per heavy atom. The van der Waals surface area contributed by atoms with Crippen LogP contribution in [0.25, 0.3) is 6.08 Å². The predicted molar refractivity (Wildman–Crippen MR) is 75.3 cm³/mol. The summed E-state index contributed by atoms with van der Waals surface area (Å²) in [4.78, 5) is 23.0. The van der Waals surface area contributed by atoms with Crippen LogP contribution in [0.4, 0.5) is 0 Å². The molecule has 0 spiro atoms. The third kappa shape index (κ3) is 4.21. The molecule has 19 heavy (non-hydrogen) atoms. The molecule has 2 rings (SSSR count). The Hall–Kier alpha value is -1.62. The van der Waals surface area contributed by atoms with Crippen LogP contribution < -0.4 is 5.32 Å². The van der Waals surface area contributed by atoms with Crippen molar-refractivity contribution in [3.8, 4) is 0 Å². The van der Waals surface area contributed by atoms with Gasteiger partial charge in [-0.05, 0) is 24.5 Å². The Morgan fingerprint density at radius 2 is 2.26 bits per heavy atom. The third-order valence-electron chi connectivity index (χ3n) is 3.33. The quantitative estimate of drug-likeness (QED) is 0.787. The molecule has 1 heterocycles. The number of amides is 1. The topological polar surface area (TPSA) is 66.4 Å². The van der Waals surface area contributed by atoms with E-state index in [0.717, 1.165) is 29.8 Å². The summed E-state index contributed by atoms with van der Waals surface area (Å²) in [6.45, 7) is 0.722. The number of hydrogen-bond acceptors (Lipinski definition) is 3. The van der Waals surface area contributed by atoms with E-state index in [1.165, 1.54) is 36.7 Å². The molecule has 4 nitrogen and oxygen atoms in total. The van der Waals surface area contributed by atoms with Gasteiger partial charge in [-0.15, -0.1) is 11.3 Å². The van der Waals surface area contributed by atoms with Crippen molar-refractivity contribution in [2.75, 3.05) is 6.54 Å². The SMILES string of the molecule is O=C(O)/C=C/c1cc(C(=O)NCCC2CCC2)cs1. The lowest BCUT2D eigenvalue weighted by atomic mass is 9.83. The molecule has 1 aliphatic carbocycles. The Kier molecular flexibility index (Phi) is 4.74. The summed E-state index contributed by atoms with van der Waals surface area (Å²) in [7, 11) is 0. The van der Waals surface area contributed by atoms with E-state index in [1.54, 1.807) is 11.4 Å². The largest absolute Gasteiger partial charge is 0.478 e. The first-order valence-electron chi connectivity index (χ1n) is 6.43. The first-order chi connectivity index (χ1) is 9.15. The summed E-state index contributed by atoms with van der Waals surface area (Å²) in [6.07, 6.45) is 7.53. The van der Waals surface area contributed by atoms with E-state index in [1.807, 2.05) is 0 Å². The van der Waals surface area contributed by atoms with Crippen LogP contribution in [0.1, 0.15) is 40.9 Å². The van der Waals surface area contributed by atoms with Crippen molar-refractivity contribution < 1.29 is 14.7 Å². The van der Waals surface area contributed by atoms with E-state index in [9.17, 15) is 9.59 Å². The third-order valence-corrected chi connectivity index (χ3v) is 4.23. The van der Waals surface area contributed by atoms with Gasteiger partial charge in [0.15, 0.2) is 0 Å². The lowest BCUT2D eigenvalue weighted by Crippen LogP contribution is -2.27. The minimum Gasteiger partial charge on any atom is -0.478 e. The van der Waals surface area contributed by atoms with Crippen molar-refractivity contribution in [2.45, 2.75) is 25.7 Å². The first kappa shape index (κ1) is 13.8. The lowest BCUT2D eigenvalue weighted by molar-refractivity contribution is -0.131. The second-order valence-electron chi connectivity index (χ2n) is 4.75. The van der Waals surface area contributed by atoms with Gasteiger partial charge in [-0.25, -0.2) is 4.79 Å². The number of carboxylic acid groups (broad SMARTS) is 1. The van der Waals surface area contributed by atoms with E-state index in [-0.39, 0.29) is 5.91 Å². The Labute approximate surface area is 116 Å². The Morgan fingerprint density at radius 1 is 1.47 bits per heavy atom. The number of nitrogens with one attached hydrogen (secondary N) is 1. The van der Waals surface area contributed by atoms with Gasteiger partial charge in [-0.1, -0.05) is 19.3 Å². The van der Waals surface area contributed by atoms with Crippen LogP contribution in [0, 0.1) is 5.92 Å². The molecular formula is C14H17NO3S. The van der Waals surface area contributed by atoms with Gasteiger partial charge >= 0.3 is 5.97 Å². The van der Waals surface area contributed by atoms with E-state index in [2.05, 4.69) is 5.32 Å². The van der Waals surface area contributed by atoms with Crippen LogP contribution in [0.2, 0.25) is 0 Å². The molecule has 0 bridgehead atoms. The molecule has 0 saturated heterocycles. The highest BCUT2D eigenvalue weighted by Crippen LogP contribution is 2.28. The molecule has 0 aromatic carbocycles. The average molecular weight is 279 g/mol. The molecule has 2 N–H and O–H groups in total. The minimum absolute atomic E-state index is 0.0782. The van der Waals surface area contributed by atoms with Gasteiger partial charge in [0, 0.05) is 22.9 Å². The van der Waals surface area contributed by atoms with Crippen LogP contribution in [0.5, 0.6) is 0 Å². The molecule has 1 amide bonds. The molecule has 1 fully saturated rings. The molecule has 1 saturated carbocycles. The zero-order valence-corrected chi connectivity index (χ0v) is 11.4. The summed E-state index contributed by atoms with van der Waals surface area (Å²) in [5.41, 5.74) is 0.601. The fourth-order valence-electron chi connectivity index (χ4n) is 1.99. The molecule has 5 heteroatoms. The van der Waals surface area contributed by atoms with Gasteiger partial charge < -0.3 is 10.4 Å². The van der Waals surface area contributed by atoms with E-state index < -0.39 is 5.97 Å². The van der Waals surface area contributed by atoms with Crippen molar-refractivity contribution in [3.63, 3.8) is 0 Å². The van der Waals surface area contributed by atoms with Gasteiger partial charge in [0.1, 0.15) is 0 Å². The molecule has 0 atom stereocenters. The molecule has 1 aromatic rings. The highest BCUT2D eigenvalue weighted by molar-refractivity contribution is 7.11. The molecule has 0 unspecified atom stereocenters. The van der Waals surface area contributed by atoms with Gasteiger partial charge in [0.2, 0.25) is 0 Å². The van der Waals surface area contributed by atoms with Gasteiger partial charge in [-0.2, -0.15) is 0 Å². The van der Waals surface area contributed by atoms with Crippen LogP contribution in [-0.4, -0.2) is 23.5 Å². The second kappa shape index (κ2) is 6.52. The Balaban J connectivity index is 1.79. The van der Waals surface area contributed by atoms with Crippen LogP contribution >= 0.6 is 11.3 Å².